The SMILES string of the molecule is Cc1ncn(CCc2cc(C)n(C)c2)n1. The molecule has 4 heteroatoms. The van der Waals surface area contributed by atoms with Gasteiger partial charge in [0.05, 0.1) is 0 Å². The summed E-state index contributed by atoms with van der Waals surface area (Å²) < 4.78 is 4.03. The highest BCUT2D eigenvalue weighted by molar-refractivity contribution is 5.17. The van der Waals surface area contributed by atoms with Gasteiger partial charge in [0.2, 0.25) is 0 Å². The molecule has 0 unspecified atom stereocenters. The summed E-state index contributed by atoms with van der Waals surface area (Å²) >= 11 is 0. The highest BCUT2D eigenvalue weighted by Crippen LogP contribution is 2.07. The van der Waals surface area contributed by atoms with E-state index in [-0.39, 0.29) is 0 Å². The van der Waals surface area contributed by atoms with E-state index in [2.05, 4.69) is 40.9 Å². The molecule has 2 aromatic heterocycles. The van der Waals surface area contributed by atoms with Gasteiger partial charge in [0.25, 0.3) is 0 Å². The first kappa shape index (κ1) is 9.96. The normalized spacial score (nSPS) is 10.9. The molecule has 0 aliphatic heterocycles. The van der Waals surface area contributed by atoms with Crippen molar-refractivity contribution in [3.05, 3.63) is 35.7 Å². The van der Waals surface area contributed by atoms with Crippen molar-refractivity contribution in [2.24, 2.45) is 7.05 Å². The van der Waals surface area contributed by atoms with Gasteiger partial charge in [0.1, 0.15) is 12.2 Å². The van der Waals surface area contributed by atoms with Crippen LogP contribution in [0.1, 0.15) is 17.1 Å². The van der Waals surface area contributed by atoms with Crippen LogP contribution in [0.3, 0.4) is 0 Å². The third kappa shape index (κ3) is 2.26. The first-order chi connectivity index (χ1) is 7.15. The quantitative estimate of drug-likeness (QED) is 0.759. The topological polar surface area (TPSA) is 35.6 Å². The van der Waals surface area contributed by atoms with E-state index in [0.717, 1.165) is 18.8 Å². The van der Waals surface area contributed by atoms with Crippen LogP contribution in [0.15, 0.2) is 18.6 Å². The van der Waals surface area contributed by atoms with Crippen LogP contribution in [0, 0.1) is 13.8 Å². The maximum absolute atomic E-state index is 4.25. The molecule has 0 aliphatic carbocycles. The maximum Gasteiger partial charge on any atom is 0.147 e. The lowest BCUT2D eigenvalue weighted by Gasteiger charge is -1.97. The summed E-state index contributed by atoms with van der Waals surface area (Å²) in [6.45, 7) is 4.91. The smallest absolute Gasteiger partial charge is 0.147 e. The monoisotopic (exact) mass is 204 g/mol. The van der Waals surface area contributed by atoms with Crippen LogP contribution >= 0.6 is 0 Å². The number of aryl methyl sites for hydroxylation is 5. The predicted octanol–water partition coefficient (Wildman–Crippen LogP) is 1.48. The first-order valence-corrected chi connectivity index (χ1v) is 5.13. The summed E-state index contributed by atoms with van der Waals surface area (Å²) in [5.41, 5.74) is 2.64. The van der Waals surface area contributed by atoms with E-state index in [4.69, 9.17) is 0 Å². The van der Waals surface area contributed by atoms with Crippen molar-refractivity contribution >= 4 is 0 Å². The summed E-state index contributed by atoms with van der Waals surface area (Å²) in [6, 6.07) is 2.21. The molecule has 0 bridgehead atoms. The lowest BCUT2D eigenvalue weighted by Crippen LogP contribution is -2.01. The zero-order valence-electron chi connectivity index (χ0n) is 9.44. The van der Waals surface area contributed by atoms with Crippen molar-refractivity contribution in [1.82, 2.24) is 19.3 Å². The fourth-order valence-corrected chi connectivity index (χ4v) is 1.63. The van der Waals surface area contributed by atoms with Gasteiger partial charge in [0, 0.05) is 25.5 Å². The van der Waals surface area contributed by atoms with Gasteiger partial charge < -0.3 is 4.57 Å². The fraction of sp³-hybridized carbons (Fsp3) is 0.455. The third-order valence-corrected chi connectivity index (χ3v) is 2.59. The molecule has 0 atom stereocenters. The molecule has 0 N–H and O–H groups in total. The van der Waals surface area contributed by atoms with E-state index in [9.17, 15) is 0 Å². The Hall–Kier alpha value is -1.58. The minimum atomic E-state index is 0.833. The Morgan fingerprint density at radius 1 is 1.33 bits per heavy atom. The van der Waals surface area contributed by atoms with Crippen LogP contribution in [-0.2, 0) is 20.0 Å². The van der Waals surface area contributed by atoms with Gasteiger partial charge in [-0.25, -0.2) is 4.98 Å². The minimum absolute atomic E-state index is 0.833. The molecule has 2 aromatic rings. The van der Waals surface area contributed by atoms with Crippen molar-refractivity contribution in [2.75, 3.05) is 0 Å². The second-order valence-corrected chi connectivity index (χ2v) is 3.91. The summed E-state index contributed by atoms with van der Waals surface area (Å²) in [5.74, 6) is 0.833. The van der Waals surface area contributed by atoms with E-state index in [1.54, 1.807) is 6.33 Å². The van der Waals surface area contributed by atoms with E-state index in [0.29, 0.717) is 0 Å². The number of hydrogen-bond donors (Lipinski definition) is 0. The van der Waals surface area contributed by atoms with Crippen molar-refractivity contribution in [1.29, 1.82) is 0 Å². The molecule has 0 saturated heterocycles. The molecule has 4 nitrogen and oxygen atoms in total. The van der Waals surface area contributed by atoms with Gasteiger partial charge in [-0.05, 0) is 31.9 Å². The molecule has 0 aliphatic rings. The van der Waals surface area contributed by atoms with E-state index in [1.165, 1.54) is 11.3 Å². The van der Waals surface area contributed by atoms with Crippen molar-refractivity contribution < 1.29 is 0 Å². The number of rotatable bonds is 3. The molecular formula is C11H16N4. The molecule has 0 fully saturated rings. The molecule has 0 spiro atoms. The first-order valence-electron chi connectivity index (χ1n) is 5.13. The summed E-state index contributed by atoms with van der Waals surface area (Å²) in [4.78, 5) is 4.10. The molecular weight excluding hydrogens is 188 g/mol. The Bertz CT molecular complexity index is 433. The maximum atomic E-state index is 4.25. The van der Waals surface area contributed by atoms with Gasteiger partial charge in [-0.15, -0.1) is 0 Å². The van der Waals surface area contributed by atoms with Gasteiger partial charge in [0.15, 0.2) is 0 Å². The number of aromatic nitrogens is 4. The summed E-state index contributed by atoms with van der Waals surface area (Å²) in [7, 11) is 2.07. The molecule has 15 heavy (non-hydrogen) atoms. The highest BCUT2D eigenvalue weighted by atomic mass is 15.3. The molecule has 2 heterocycles. The van der Waals surface area contributed by atoms with Gasteiger partial charge >= 0.3 is 0 Å². The number of nitrogens with zero attached hydrogens (tertiary/aromatic N) is 4. The average molecular weight is 204 g/mol. The zero-order chi connectivity index (χ0) is 10.8. The predicted molar refractivity (Wildman–Crippen MR) is 58.6 cm³/mol. The van der Waals surface area contributed by atoms with Gasteiger partial charge in [-0.2, -0.15) is 5.10 Å². The third-order valence-electron chi connectivity index (χ3n) is 2.59. The Morgan fingerprint density at radius 2 is 2.13 bits per heavy atom. The number of hydrogen-bond acceptors (Lipinski definition) is 2. The van der Waals surface area contributed by atoms with Crippen LogP contribution in [0.4, 0.5) is 0 Å². The van der Waals surface area contributed by atoms with E-state index >= 15 is 0 Å². The highest BCUT2D eigenvalue weighted by Gasteiger charge is 2.00. The van der Waals surface area contributed by atoms with Crippen LogP contribution < -0.4 is 0 Å². The second kappa shape index (κ2) is 3.88. The van der Waals surface area contributed by atoms with E-state index in [1.807, 2.05) is 11.6 Å². The Labute approximate surface area is 89.6 Å². The molecule has 0 saturated carbocycles. The van der Waals surface area contributed by atoms with Crippen LogP contribution in [0.25, 0.3) is 0 Å². The van der Waals surface area contributed by atoms with Crippen molar-refractivity contribution in [3.63, 3.8) is 0 Å². The fourth-order valence-electron chi connectivity index (χ4n) is 1.63. The van der Waals surface area contributed by atoms with E-state index < -0.39 is 0 Å². The lowest BCUT2D eigenvalue weighted by atomic mass is 10.2. The molecule has 80 valence electrons. The summed E-state index contributed by atoms with van der Waals surface area (Å²) in [5, 5.41) is 4.25. The zero-order valence-corrected chi connectivity index (χ0v) is 9.44. The Morgan fingerprint density at radius 3 is 2.67 bits per heavy atom. The van der Waals surface area contributed by atoms with Crippen molar-refractivity contribution in [3.8, 4) is 0 Å². The van der Waals surface area contributed by atoms with Crippen molar-refractivity contribution in [2.45, 2.75) is 26.8 Å². The largest absolute Gasteiger partial charge is 0.354 e. The van der Waals surface area contributed by atoms with Crippen LogP contribution in [-0.4, -0.2) is 19.3 Å². The molecule has 2 rings (SSSR count). The minimum Gasteiger partial charge on any atom is -0.354 e. The molecule has 0 aromatic carbocycles. The van der Waals surface area contributed by atoms with Crippen LogP contribution in [0.5, 0.6) is 0 Å². The Kier molecular flexibility index (Phi) is 2.58. The second-order valence-electron chi connectivity index (χ2n) is 3.91. The molecule has 0 amide bonds. The van der Waals surface area contributed by atoms with Crippen LogP contribution in [0.2, 0.25) is 0 Å². The standard InChI is InChI=1S/C11H16N4/c1-9-6-11(7-14(9)3)4-5-15-8-12-10(2)13-15/h6-8H,4-5H2,1-3H3. The lowest BCUT2D eigenvalue weighted by molar-refractivity contribution is 0.609. The van der Waals surface area contributed by atoms with Gasteiger partial charge in [-0.1, -0.05) is 0 Å². The van der Waals surface area contributed by atoms with Gasteiger partial charge in [-0.3, -0.25) is 4.68 Å². The Balaban J connectivity index is 1.99. The molecule has 0 radical (unpaired) electrons. The summed E-state index contributed by atoms with van der Waals surface area (Å²) in [6.07, 6.45) is 4.95. The average Bonchev–Trinajstić information content (AvgIpc) is 2.72.